The molecule has 0 bridgehead atoms. The van der Waals surface area contributed by atoms with Crippen LogP contribution in [-0.4, -0.2) is 40.0 Å². The Balaban J connectivity index is 1.85. The lowest BCUT2D eigenvalue weighted by atomic mass is 10.1. The van der Waals surface area contributed by atoms with E-state index in [4.69, 9.17) is 5.11 Å². The summed E-state index contributed by atoms with van der Waals surface area (Å²) in [6, 6.07) is 7.07. The first kappa shape index (κ1) is 14.5. The number of hydrogen-bond acceptors (Lipinski definition) is 4. The van der Waals surface area contributed by atoms with E-state index in [1.165, 1.54) is 12.1 Å². The van der Waals surface area contributed by atoms with E-state index in [-0.39, 0.29) is 12.1 Å². The van der Waals surface area contributed by atoms with Crippen molar-refractivity contribution >= 4 is 11.7 Å². The Bertz CT molecular complexity index is 482. The number of carboxylic acids is 1. The van der Waals surface area contributed by atoms with Crippen LogP contribution in [0.4, 0.5) is 5.69 Å². The maximum Gasteiger partial charge on any atom is 0.304 e. The van der Waals surface area contributed by atoms with E-state index < -0.39 is 10.9 Å². The molecule has 108 valence electrons. The molecule has 6 heteroatoms. The molecule has 1 aliphatic carbocycles. The summed E-state index contributed by atoms with van der Waals surface area (Å²) < 4.78 is 0. The van der Waals surface area contributed by atoms with Gasteiger partial charge in [-0.1, -0.05) is 12.1 Å². The number of nitrogens with zero attached hydrogens (tertiary/aromatic N) is 2. The Kier molecular flexibility index (Phi) is 4.68. The molecule has 2 rings (SSSR count). The molecule has 0 saturated heterocycles. The second-order valence-corrected chi connectivity index (χ2v) is 5.08. The van der Waals surface area contributed by atoms with Crippen LogP contribution < -0.4 is 0 Å². The van der Waals surface area contributed by atoms with Crippen molar-refractivity contribution in [1.29, 1.82) is 0 Å². The van der Waals surface area contributed by atoms with Crippen molar-refractivity contribution in [2.45, 2.75) is 31.7 Å². The summed E-state index contributed by atoms with van der Waals surface area (Å²) in [7, 11) is 0. The molecule has 20 heavy (non-hydrogen) atoms. The molecule has 6 nitrogen and oxygen atoms in total. The zero-order valence-electron chi connectivity index (χ0n) is 11.2. The minimum Gasteiger partial charge on any atom is -0.481 e. The first-order valence-electron chi connectivity index (χ1n) is 6.75. The van der Waals surface area contributed by atoms with E-state index in [0.29, 0.717) is 12.6 Å². The molecule has 0 amide bonds. The van der Waals surface area contributed by atoms with Crippen molar-refractivity contribution in [2.75, 3.05) is 13.1 Å². The molecule has 0 aromatic heterocycles. The van der Waals surface area contributed by atoms with Gasteiger partial charge in [0.25, 0.3) is 5.69 Å². The van der Waals surface area contributed by atoms with Gasteiger partial charge in [0.05, 0.1) is 11.3 Å². The van der Waals surface area contributed by atoms with Crippen molar-refractivity contribution in [1.82, 2.24) is 4.90 Å². The number of carboxylic acid groups (broad SMARTS) is 1. The van der Waals surface area contributed by atoms with Gasteiger partial charge in [-0.25, -0.2) is 0 Å². The number of nitro benzene ring substituents is 1. The van der Waals surface area contributed by atoms with Gasteiger partial charge in [0.15, 0.2) is 0 Å². The molecule has 0 unspecified atom stereocenters. The average Bonchev–Trinajstić information content (AvgIpc) is 3.23. The number of benzene rings is 1. The van der Waals surface area contributed by atoms with Crippen molar-refractivity contribution in [3.05, 3.63) is 39.9 Å². The molecule has 1 aromatic carbocycles. The van der Waals surface area contributed by atoms with Crippen LogP contribution >= 0.6 is 0 Å². The van der Waals surface area contributed by atoms with Gasteiger partial charge < -0.3 is 5.11 Å². The second kappa shape index (κ2) is 6.47. The van der Waals surface area contributed by atoms with E-state index >= 15 is 0 Å². The molecule has 0 radical (unpaired) electrons. The summed E-state index contributed by atoms with van der Waals surface area (Å²) in [6.45, 7) is 1.38. The lowest BCUT2D eigenvalue weighted by molar-refractivity contribution is -0.384. The van der Waals surface area contributed by atoms with Crippen LogP contribution in [0.15, 0.2) is 24.3 Å². The fourth-order valence-corrected chi connectivity index (χ4v) is 2.21. The van der Waals surface area contributed by atoms with Crippen LogP contribution in [0.3, 0.4) is 0 Å². The highest BCUT2D eigenvalue weighted by Gasteiger charge is 2.28. The standard InChI is InChI=1S/C14H18N2O4/c17-14(18)8-10-15(12-5-6-12)9-7-11-1-3-13(4-2-11)16(19)20/h1-4,12H,5-10H2,(H,17,18). The number of nitro groups is 1. The van der Waals surface area contributed by atoms with Crippen molar-refractivity contribution in [3.63, 3.8) is 0 Å². The number of hydrogen-bond donors (Lipinski definition) is 1. The Morgan fingerprint density at radius 1 is 1.30 bits per heavy atom. The molecule has 1 N–H and O–H groups in total. The molecule has 0 atom stereocenters. The van der Waals surface area contributed by atoms with Gasteiger partial charge in [-0.2, -0.15) is 0 Å². The highest BCUT2D eigenvalue weighted by molar-refractivity contribution is 5.66. The van der Waals surface area contributed by atoms with Crippen LogP contribution in [0.5, 0.6) is 0 Å². The van der Waals surface area contributed by atoms with Crippen LogP contribution in [0.25, 0.3) is 0 Å². The smallest absolute Gasteiger partial charge is 0.304 e. The molecule has 0 aliphatic heterocycles. The Morgan fingerprint density at radius 2 is 1.95 bits per heavy atom. The van der Waals surface area contributed by atoms with E-state index in [9.17, 15) is 14.9 Å². The number of aliphatic carboxylic acids is 1. The topological polar surface area (TPSA) is 83.7 Å². The summed E-state index contributed by atoms with van der Waals surface area (Å²) in [6.07, 6.45) is 3.23. The highest BCUT2D eigenvalue weighted by atomic mass is 16.6. The van der Waals surface area contributed by atoms with Gasteiger partial charge in [-0.15, -0.1) is 0 Å². The molecule has 0 heterocycles. The minimum absolute atomic E-state index is 0.0960. The minimum atomic E-state index is -0.772. The molecule has 0 spiro atoms. The average molecular weight is 278 g/mol. The summed E-state index contributed by atoms with van der Waals surface area (Å²) in [4.78, 5) is 23.0. The van der Waals surface area contributed by atoms with E-state index in [1.54, 1.807) is 12.1 Å². The van der Waals surface area contributed by atoms with Crippen molar-refractivity contribution in [3.8, 4) is 0 Å². The van der Waals surface area contributed by atoms with Crippen LogP contribution in [0.2, 0.25) is 0 Å². The third kappa shape index (κ3) is 4.31. The lowest BCUT2D eigenvalue weighted by Crippen LogP contribution is -2.30. The van der Waals surface area contributed by atoms with Gasteiger partial charge >= 0.3 is 5.97 Å². The maximum absolute atomic E-state index is 10.6. The van der Waals surface area contributed by atoms with Crippen molar-refractivity contribution in [2.24, 2.45) is 0 Å². The number of rotatable bonds is 8. The molecule has 1 aromatic rings. The molecule has 1 fully saturated rings. The summed E-state index contributed by atoms with van der Waals surface area (Å²) in [5.74, 6) is -0.772. The zero-order valence-corrected chi connectivity index (χ0v) is 11.2. The van der Waals surface area contributed by atoms with Gasteiger partial charge in [0, 0.05) is 31.3 Å². The normalized spacial score (nSPS) is 14.4. The fraction of sp³-hybridized carbons (Fsp3) is 0.500. The van der Waals surface area contributed by atoms with Crippen LogP contribution in [-0.2, 0) is 11.2 Å². The molecular formula is C14H18N2O4. The number of non-ortho nitro benzene ring substituents is 1. The summed E-state index contributed by atoms with van der Waals surface area (Å²) in [5.41, 5.74) is 1.13. The predicted octanol–water partition coefficient (Wildman–Crippen LogP) is 2.08. The lowest BCUT2D eigenvalue weighted by Gasteiger charge is -2.20. The SMILES string of the molecule is O=C(O)CCN(CCc1ccc([N+](=O)[O-])cc1)C1CC1. The molecule has 1 saturated carbocycles. The quantitative estimate of drug-likeness (QED) is 0.581. The van der Waals surface area contributed by atoms with Crippen LogP contribution in [0, 0.1) is 10.1 Å². The van der Waals surface area contributed by atoms with Gasteiger partial charge in [0.1, 0.15) is 0 Å². The van der Waals surface area contributed by atoms with Gasteiger partial charge in [-0.3, -0.25) is 19.8 Å². The largest absolute Gasteiger partial charge is 0.481 e. The first-order chi connectivity index (χ1) is 9.56. The predicted molar refractivity (Wildman–Crippen MR) is 73.6 cm³/mol. The third-order valence-electron chi connectivity index (χ3n) is 3.51. The van der Waals surface area contributed by atoms with E-state index in [0.717, 1.165) is 31.4 Å². The fourth-order valence-electron chi connectivity index (χ4n) is 2.21. The van der Waals surface area contributed by atoms with E-state index in [1.807, 2.05) is 0 Å². The van der Waals surface area contributed by atoms with Gasteiger partial charge in [-0.05, 0) is 24.8 Å². The maximum atomic E-state index is 10.6. The second-order valence-electron chi connectivity index (χ2n) is 5.08. The monoisotopic (exact) mass is 278 g/mol. The third-order valence-corrected chi connectivity index (χ3v) is 3.51. The number of carbonyl (C=O) groups is 1. The Labute approximate surface area is 117 Å². The highest BCUT2D eigenvalue weighted by Crippen LogP contribution is 2.27. The zero-order chi connectivity index (χ0) is 14.5. The first-order valence-corrected chi connectivity index (χ1v) is 6.75. The van der Waals surface area contributed by atoms with Crippen molar-refractivity contribution < 1.29 is 14.8 Å². The van der Waals surface area contributed by atoms with Crippen LogP contribution in [0.1, 0.15) is 24.8 Å². The Hall–Kier alpha value is -1.95. The molecule has 1 aliphatic rings. The summed E-state index contributed by atoms with van der Waals surface area (Å²) >= 11 is 0. The molecular weight excluding hydrogens is 260 g/mol. The Morgan fingerprint density at radius 3 is 2.45 bits per heavy atom. The van der Waals surface area contributed by atoms with Gasteiger partial charge in [0.2, 0.25) is 0 Å². The summed E-state index contributed by atoms with van der Waals surface area (Å²) in [5, 5.41) is 19.3. The van der Waals surface area contributed by atoms with E-state index in [2.05, 4.69) is 4.90 Å².